The quantitative estimate of drug-likeness (QED) is 0.0951. The number of nitrogens with one attached hydrogen (secondary N) is 2. The summed E-state index contributed by atoms with van der Waals surface area (Å²) in [6.45, 7) is 4.00. The molecule has 16 heteroatoms. The number of sulfonamides is 1. The predicted octanol–water partition coefficient (Wildman–Crippen LogP) is 0.00470. The smallest absolute Gasteiger partial charge is 0.404 e. The van der Waals surface area contributed by atoms with Gasteiger partial charge in [0.15, 0.2) is 0 Å². The van der Waals surface area contributed by atoms with Crippen LogP contribution < -0.4 is 15.8 Å². The van der Waals surface area contributed by atoms with E-state index in [0.717, 1.165) is 6.07 Å². The third-order valence-electron chi connectivity index (χ3n) is 4.07. The highest BCUT2D eigenvalue weighted by Gasteiger charge is 2.18. The van der Waals surface area contributed by atoms with E-state index in [1.54, 1.807) is 0 Å². The highest BCUT2D eigenvalue weighted by Crippen LogP contribution is 2.26. The number of rotatable bonds is 21. The van der Waals surface area contributed by atoms with Crippen LogP contribution in [-0.4, -0.2) is 104 Å². The highest BCUT2D eigenvalue weighted by atomic mass is 32.2. The lowest BCUT2D eigenvalue weighted by Crippen LogP contribution is -2.25. The number of nitrogens with two attached hydrogens (primary N) is 1. The van der Waals surface area contributed by atoms with Crippen LogP contribution in [0.25, 0.3) is 0 Å². The van der Waals surface area contributed by atoms with Crippen LogP contribution in [0.1, 0.15) is 0 Å². The van der Waals surface area contributed by atoms with E-state index < -0.39 is 26.7 Å². The molecule has 1 rings (SSSR count). The van der Waals surface area contributed by atoms with E-state index in [1.165, 1.54) is 12.1 Å². The summed E-state index contributed by atoms with van der Waals surface area (Å²) in [5.74, 6) is 0. The van der Waals surface area contributed by atoms with E-state index in [0.29, 0.717) is 52.9 Å². The van der Waals surface area contributed by atoms with Crippen molar-refractivity contribution in [2.24, 2.45) is 5.14 Å². The molecule has 0 saturated heterocycles. The Labute approximate surface area is 203 Å². The van der Waals surface area contributed by atoms with Gasteiger partial charge in [0.2, 0.25) is 10.0 Å². The molecule has 0 aliphatic heterocycles. The Morgan fingerprint density at radius 2 is 1.34 bits per heavy atom. The van der Waals surface area contributed by atoms with Crippen LogP contribution in [0, 0.1) is 10.1 Å². The van der Waals surface area contributed by atoms with Crippen molar-refractivity contribution in [2.45, 2.75) is 4.90 Å². The standard InChI is InChI=1S/C19H32N4O11S/c20-35(28,29)16-1-2-17(18(15-16)23(26)27)21-3-5-30-7-9-32-11-13-34-14-12-33-10-8-31-6-4-22-19(24)25/h1-2,15,21-22H,3-14H2,(H,24,25)(H2,20,28,29). The van der Waals surface area contributed by atoms with Gasteiger partial charge in [-0.05, 0) is 12.1 Å². The molecule has 1 aromatic rings. The Morgan fingerprint density at radius 3 is 1.77 bits per heavy atom. The highest BCUT2D eigenvalue weighted by molar-refractivity contribution is 7.89. The number of amides is 1. The van der Waals surface area contributed by atoms with E-state index in [9.17, 15) is 23.3 Å². The lowest BCUT2D eigenvalue weighted by atomic mass is 10.2. The van der Waals surface area contributed by atoms with Crippen LogP contribution in [0.4, 0.5) is 16.2 Å². The average molecular weight is 525 g/mol. The van der Waals surface area contributed by atoms with Crippen LogP contribution >= 0.6 is 0 Å². The van der Waals surface area contributed by atoms with Gasteiger partial charge in [0.25, 0.3) is 5.69 Å². The van der Waals surface area contributed by atoms with Gasteiger partial charge in [-0.3, -0.25) is 10.1 Å². The lowest BCUT2D eigenvalue weighted by Gasteiger charge is -2.09. The second kappa shape index (κ2) is 17.8. The molecule has 35 heavy (non-hydrogen) atoms. The molecule has 0 saturated carbocycles. The Morgan fingerprint density at radius 1 is 0.886 bits per heavy atom. The first-order chi connectivity index (χ1) is 16.7. The van der Waals surface area contributed by atoms with E-state index >= 15 is 0 Å². The summed E-state index contributed by atoms with van der Waals surface area (Å²) in [5, 5.41) is 29.5. The molecule has 0 radical (unpaired) electrons. The minimum Gasteiger partial charge on any atom is -0.465 e. The van der Waals surface area contributed by atoms with Crippen molar-refractivity contribution in [3.8, 4) is 0 Å². The van der Waals surface area contributed by atoms with Crippen molar-refractivity contribution in [3.05, 3.63) is 28.3 Å². The lowest BCUT2D eigenvalue weighted by molar-refractivity contribution is -0.384. The zero-order chi connectivity index (χ0) is 25.9. The fourth-order valence-corrected chi connectivity index (χ4v) is 2.99. The van der Waals surface area contributed by atoms with Crippen LogP contribution in [0.15, 0.2) is 23.1 Å². The molecule has 0 spiro atoms. The van der Waals surface area contributed by atoms with Gasteiger partial charge in [0.05, 0.1) is 75.9 Å². The van der Waals surface area contributed by atoms with Crippen LogP contribution in [0.2, 0.25) is 0 Å². The molecule has 200 valence electrons. The number of anilines is 1. The largest absolute Gasteiger partial charge is 0.465 e. The monoisotopic (exact) mass is 524 g/mol. The SMILES string of the molecule is NS(=O)(=O)c1ccc(NCCOCCOCCOCCOCCOCCNC(=O)O)c([N+](=O)[O-])c1. The first-order valence-electron chi connectivity index (χ1n) is 10.6. The van der Waals surface area contributed by atoms with Gasteiger partial charge in [0, 0.05) is 19.2 Å². The number of nitro groups is 1. The van der Waals surface area contributed by atoms with Crippen molar-refractivity contribution < 1.29 is 46.9 Å². The number of primary sulfonamides is 1. The van der Waals surface area contributed by atoms with Gasteiger partial charge in [-0.1, -0.05) is 0 Å². The third kappa shape index (κ3) is 15.1. The summed E-state index contributed by atoms with van der Waals surface area (Å²) in [4.78, 5) is 20.3. The fourth-order valence-electron chi connectivity index (χ4n) is 2.46. The molecule has 0 aliphatic carbocycles. The molecule has 0 heterocycles. The molecule has 5 N–H and O–H groups in total. The van der Waals surface area contributed by atoms with Crippen LogP contribution in [-0.2, 0) is 33.7 Å². The van der Waals surface area contributed by atoms with Crippen molar-refractivity contribution in [3.63, 3.8) is 0 Å². The number of carbonyl (C=O) groups is 1. The normalized spacial score (nSPS) is 11.3. The van der Waals surface area contributed by atoms with E-state index in [1.807, 2.05) is 0 Å². The summed E-state index contributed by atoms with van der Waals surface area (Å²) >= 11 is 0. The summed E-state index contributed by atoms with van der Waals surface area (Å²) in [5.41, 5.74) is -0.243. The summed E-state index contributed by atoms with van der Waals surface area (Å²) in [7, 11) is -4.04. The second-order valence-electron chi connectivity index (χ2n) is 6.70. The number of benzene rings is 1. The number of hydrogen-bond donors (Lipinski definition) is 4. The van der Waals surface area contributed by atoms with Gasteiger partial charge >= 0.3 is 6.09 Å². The van der Waals surface area contributed by atoms with Crippen molar-refractivity contribution in [1.82, 2.24) is 5.32 Å². The summed E-state index contributed by atoms with van der Waals surface area (Å²) in [6.07, 6.45) is -1.09. The molecule has 0 bridgehead atoms. The number of nitro benzene ring substituents is 1. The topological polar surface area (TPSA) is 211 Å². The van der Waals surface area contributed by atoms with E-state index in [4.69, 9.17) is 33.9 Å². The van der Waals surface area contributed by atoms with E-state index in [-0.39, 0.29) is 36.9 Å². The molecular formula is C19H32N4O11S. The fraction of sp³-hybridized carbons (Fsp3) is 0.632. The minimum absolute atomic E-state index is 0.156. The summed E-state index contributed by atoms with van der Waals surface area (Å²) in [6, 6.07) is 3.37. The van der Waals surface area contributed by atoms with Crippen LogP contribution in [0.5, 0.6) is 0 Å². The van der Waals surface area contributed by atoms with Crippen LogP contribution in [0.3, 0.4) is 0 Å². The number of nitrogens with zero attached hydrogens (tertiary/aromatic N) is 1. The van der Waals surface area contributed by atoms with Crippen molar-refractivity contribution >= 4 is 27.5 Å². The first-order valence-corrected chi connectivity index (χ1v) is 12.2. The van der Waals surface area contributed by atoms with Crippen molar-refractivity contribution in [2.75, 3.05) is 84.5 Å². The molecule has 1 amide bonds. The molecule has 1 aromatic carbocycles. The molecule has 15 nitrogen and oxygen atoms in total. The number of carboxylic acid groups (broad SMARTS) is 1. The zero-order valence-electron chi connectivity index (χ0n) is 19.2. The van der Waals surface area contributed by atoms with Gasteiger partial charge in [-0.2, -0.15) is 0 Å². The van der Waals surface area contributed by atoms with Crippen molar-refractivity contribution in [1.29, 1.82) is 0 Å². The minimum atomic E-state index is -4.04. The Bertz CT molecular complexity index is 870. The second-order valence-corrected chi connectivity index (χ2v) is 8.26. The molecule has 0 atom stereocenters. The van der Waals surface area contributed by atoms with Gasteiger partial charge in [-0.15, -0.1) is 0 Å². The molecule has 0 aromatic heterocycles. The number of ether oxygens (including phenoxy) is 5. The molecule has 0 unspecified atom stereocenters. The Balaban J connectivity index is 1.96. The Kier molecular flexibility index (Phi) is 15.5. The maximum atomic E-state index is 11.3. The molecule has 0 fully saturated rings. The van der Waals surface area contributed by atoms with Gasteiger partial charge in [-0.25, -0.2) is 18.4 Å². The summed E-state index contributed by atoms with van der Waals surface area (Å²) < 4.78 is 49.2. The third-order valence-corrected chi connectivity index (χ3v) is 4.98. The van der Waals surface area contributed by atoms with E-state index in [2.05, 4.69) is 10.6 Å². The predicted molar refractivity (Wildman–Crippen MR) is 123 cm³/mol. The average Bonchev–Trinajstić information content (AvgIpc) is 2.79. The molecular weight excluding hydrogens is 492 g/mol. The Hall–Kier alpha value is -2.60. The number of hydrogen-bond acceptors (Lipinski definition) is 11. The maximum absolute atomic E-state index is 11.3. The maximum Gasteiger partial charge on any atom is 0.404 e. The molecule has 0 aliphatic rings. The first kappa shape index (κ1) is 30.4. The van der Waals surface area contributed by atoms with Gasteiger partial charge < -0.3 is 39.4 Å². The zero-order valence-corrected chi connectivity index (χ0v) is 20.0. The van der Waals surface area contributed by atoms with Gasteiger partial charge in [0.1, 0.15) is 5.69 Å².